The summed E-state index contributed by atoms with van der Waals surface area (Å²) in [5.74, 6) is -3.01. The molecule has 3 aromatic carbocycles. The van der Waals surface area contributed by atoms with Gasteiger partial charge in [0.25, 0.3) is 0 Å². The number of hydrogen-bond donors (Lipinski definition) is 0. The molecular weight excluding hydrogens is 505 g/mol. The van der Waals surface area contributed by atoms with E-state index >= 15 is 0 Å². The molecule has 1 fully saturated rings. The average Bonchev–Trinajstić information content (AvgIpc) is 3.54. The van der Waals surface area contributed by atoms with Crippen LogP contribution in [0.1, 0.15) is 49.3 Å². The van der Waals surface area contributed by atoms with Crippen molar-refractivity contribution in [3.63, 3.8) is 0 Å². The molecule has 1 aliphatic carbocycles. The van der Waals surface area contributed by atoms with Crippen LogP contribution >= 0.6 is 0 Å². The zero-order chi connectivity index (χ0) is 26.9. The van der Waals surface area contributed by atoms with Gasteiger partial charge in [0.05, 0.1) is 17.5 Å². The summed E-state index contributed by atoms with van der Waals surface area (Å²) in [5.41, 5.74) is 1.97. The lowest BCUT2D eigenvalue weighted by atomic mass is 9.90. The summed E-state index contributed by atoms with van der Waals surface area (Å²) in [7, 11) is 0. The second-order valence-corrected chi connectivity index (χ2v) is 9.47. The Labute approximate surface area is 216 Å². The number of nitrogens with zero attached hydrogens (tertiary/aromatic N) is 1. The SMILES string of the molecule is O=C(OC1CCCC1)[C@H]1CC(c2c(F)cccc2F)=N[C@H]1c1ccc(-c2ccc(OC(F)(F)F)cc2)cc1. The number of aliphatic imine (C=N–C) groups is 1. The quantitative estimate of drug-likeness (QED) is 0.245. The number of rotatable bonds is 6. The van der Waals surface area contributed by atoms with Crippen molar-refractivity contribution in [2.45, 2.75) is 50.6 Å². The van der Waals surface area contributed by atoms with E-state index in [4.69, 9.17) is 4.74 Å². The third kappa shape index (κ3) is 5.71. The highest BCUT2D eigenvalue weighted by Gasteiger charge is 2.40. The maximum atomic E-state index is 14.5. The fraction of sp³-hybridized carbons (Fsp3) is 0.310. The van der Waals surface area contributed by atoms with Crippen molar-refractivity contribution in [2.24, 2.45) is 10.9 Å². The molecule has 2 aliphatic rings. The molecule has 38 heavy (non-hydrogen) atoms. The molecule has 0 N–H and O–H groups in total. The van der Waals surface area contributed by atoms with E-state index in [0.29, 0.717) is 11.1 Å². The van der Waals surface area contributed by atoms with Crippen LogP contribution < -0.4 is 4.74 Å². The number of carbonyl (C=O) groups excluding carboxylic acids is 1. The number of carbonyl (C=O) groups is 1. The van der Waals surface area contributed by atoms with Crippen molar-refractivity contribution < 1.29 is 36.2 Å². The van der Waals surface area contributed by atoms with Gasteiger partial charge in [-0.05, 0) is 66.6 Å². The predicted molar refractivity (Wildman–Crippen MR) is 131 cm³/mol. The minimum absolute atomic E-state index is 0.0382. The van der Waals surface area contributed by atoms with Crippen LogP contribution in [0.3, 0.4) is 0 Å². The minimum atomic E-state index is -4.77. The van der Waals surface area contributed by atoms with Crippen LogP contribution in [0.15, 0.2) is 71.7 Å². The van der Waals surface area contributed by atoms with Crippen LogP contribution in [-0.4, -0.2) is 24.1 Å². The molecule has 0 bridgehead atoms. The first-order valence-electron chi connectivity index (χ1n) is 12.4. The minimum Gasteiger partial charge on any atom is -0.462 e. The summed E-state index contributed by atoms with van der Waals surface area (Å²) in [5, 5.41) is 0. The Balaban J connectivity index is 1.41. The first kappa shape index (κ1) is 25.9. The lowest BCUT2D eigenvalue weighted by Crippen LogP contribution is -2.25. The van der Waals surface area contributed by atoms with E-state index in [2.05, 4.69) is 9.73 Å². The maximum absolute atomic E-state index is 14.5. The molecule has 1 aliphatic heterocycles. The molecule has 0 spiro atoms. The number of benzene rings is 3. The molecule has 0 amide bonds. The van der Waals surface area contributed by atoms with E-state index in [1.54, 1.807) is 24.3 Å². The highest BCUT2D eigenvalue weighted by molar-refractivity contribution is 6.04. The van der Waals surface area contributed by atoms with E-state index < -0.39 is 35.9 Å². The second-order valence-electron chi connectivity index (χ2n) is 9.47. The summed E-state index contributed by atoms with van der Waals surface area (Å²) >= 11 is 0. The van der Waals surface area contributed by atoms with Crippen LogP contribution in [0.5, 0.6) is 5.75 Å². The van der Waals surface area contributed by atoms with Gasteiger partial charge in [0.1, 0.15) is 23.5 Å². The molecule has 4 nitrogen and oxygen atoms in total. The first-order valence-corrected chi connectivity index (χ1v) is 12.4. The molecule has 3 aromatic rings. The molecule has 1 heterocycles. The van der Waals surface area contributed by atoms with E-state index in [1.807, 2.05) is 0 Å². The topological polar surface area (TPSA) is 47.9 Å². The van der Waals surface area contributed by atoms with Crippen molar-refractivity contribution >= 4 is 11.7 Å². The largest absolute Gasteiger partial charge is 0.573 e. The summed E-state index contributed by atoms with van der Waals surface area (Å²) < 4.78 is 76.0. The molecule has 2 atom stereocenters. The van der Waals surface area contributed by atoms with Gasteiger partial charge in [-0.25, -0.2) is 8.78 Å². The maximum Gasteiger partial charge on any atom is 0.573 e. The zero-order valence-electron chi connectivity index (χ0n) is 20.2. The zero-order valence-corrected chi connectivity index (χ0v) is 20.2. The van der Waals surface area contributed by atoms with Gasteiger partial charge in [-0.15, -0.1) is 13.2 Å². The molecule has 9 heteroatoms. The lowest BCUT2D eigenvalue weighted by molar-refractivity contribution is -0.274. The van der Waals surface area contributed by atoms with Crippen molar-refractivity contribution in [2.75, 3.05) is 0 Å². The van der Waals surface area contributed by atoms with Crippen LogP contribution in [0.4, 0.5) is 22.0 Å². The van der Waals surface area contributed by atoms with Gasteiger partial charge in [0.15, 0.2) is 0 Å². The molecule has 0 aromatic heterocycles. The van der Waals surface area contributed by atoms with Gasteiger partial charge < -0.3 is 9.47 Å². The van der Waals surface area contributed by atoms with Gasteiger partial charge in [-0.3, -0.25) is 9.79 Å². The standard InChI is InChI=1S/C29H24F5NO3/c30-23-6-3-7-24(31)26(23)25-16-22(28(36)37-20-4-1-2-5-20)27(35-25)19-10-8-17(9-11-19)18-12-14-21(15-13-18)38-29(32,33)34/h3,6-15,20,22,27H,1-2,4-5,16H2/t22-,27-/m0/s1. The van der Waals surface area contributed by atoms with E-state index in [-0.39, 0.29) is 29.5 Å². The Kier molecular flexibility index (Phi) is 7.19. The molecule has 0 radical (unpaired) electrons. The van der Waals surface area contributed by atoms with Gasteiger partial charge in [0.2, 0.25) is 0 Å². The van der Waals surface area contributed by atoms with E-state index in [9.17, 15) is 26.7 Å². The van der Waals surface area contributed by atoms with Crippen LogP contribution in [-0.2, 0) is 9.53 Å². The van der Waals surface area contributed by atoms with Gasteiger partial charge in [0, 0.05) is 12.1 Å². The van der Waals surface area contributed by atoms with Crippen molar-refractivity contribution in [1.29, 1.82) is 0 Å². The highest BCUT2D eigenvalue weighted by atomic mass is 19.4. The Morgan fingerprint density at radius 3 is 2.00 bits per heavy atom. The molecular formula is C29H24F5NO3. The second kappa shape index (κ2) is 10.6. The smallest absolute Gasteiger partial charge is 0.462 e. The summed E-state index contributed by atoms with van der Waals surface area (Å²) in [4.78, 5) is 17.8. The number of ether oxygens (including phenoxy) is 2. The third-order valence-electron chi connectivity index (χ3n) is 6.90. The Morgan fingerprint density at radius 1 is 0.842 bits per heavy atom. The van der Waals surface area contributed by atoms with Gasteiger partial charge >= 0.3 is 12.3 Å². The number of esters is 1. The van der Waals surface area contributed by atoms with E-state index in [1.165, 1.54) is 30.3 Å². The molecule has 1 saturated carbocycles. The molecule has 0 saturated heterocycles. The monoisotopic (exact) mass is 529 g/mol. The summed E-state index contributed by atoms with van der Waals surface area (Å²) in [6, 6.07) is 15.3. The van der Waals surface area contributed by atoms with Gasteiger partial charge in [-0.2, -0.15) is 0 Å². The number of halogens is 5. The summed E-state index contributed by atoms with van der Waals surface area (Å²) in [6.07, 6.45) is -1.34. The molecule has 0 unspecified atom stereocenters. The highest BCUT2D eigenvalue weighted by Crippen LogP contribution is 2.40. The molecule has 198 valence electrons. The van der Waals surface area contributed by atoms with Gasteiger partial charge in [-0.1, -0.05) is 42.5 Å². The fourth-order valence-corrected chi connectivity index (χ4v) is 5.07. The Hall–Kier alpha value is -3.75. The third-order valence-corrected chi connectivity index (χ3v) is 6.90. The number of hydrogen-bond acceptors (Lipinski definition) is 4. The van der Waals surface area contributed by atoms with E-state index in [0.717, 1.165) is 43.4 Å². The van der Waals surface area contributed by atoms with Crippen LogP contribution in [0.2, 0.25) is 0 Å². The average molecular weight is 530 g/mol. The first-order chi connectivity index (χ1) is 18.2. The molecule has 5 rings (SSSR count). The number of alkyl halides is 3. The van der Waals surface area contributed by atoms with Crippen LogP contribution in [0, 0.1) is 17.6 Å². The Morgan fingerprint density at radius 2 is 1.42 bits per heavy atom. The van der Waals surface area contributed by atoms with Crippen molar-refractivity contribution in [3.8, 4) is 16.9 Å². The Bertz CT molecular complexity index is 1310. The van der Waals surface area contributed by atoms with Crippen molar-refractivity contribution in [1.82, 2.24) is 0 Å². The lowest BCUT2D eigenvalue weighted by Gasteiger charge is -2.20. The normalized spacial score (nSPS) is 19.9. The predicted octanol–water partition coefficient (Wildman–Crippen LogP) is 7.57. The fourth-order valence-electron chi connectivity index (χ4n) is 5.07. The van der Waals surface area contributed by atoms with Crippen molar-refractivity contribution in [3.05, 3.63) is 89.5 Å². The summed E-state index contributed by atoms with van der Waals surface area (Å²) in [6.45, 7) is 0. The van der Waals surface area contributed by atoms with Crippen LogP contribution in [0.25, 0.3) is 11.1 Å².